The number of rotatable bonds is 1. The average molecular weight is 232 g/mol. The van der Waals surface area contributed by atoms with Gasteiger partial charge in [-0.1, -0.05) is 19.6 Å². The molecule has 0 spiro atoms. The van der Waals surface area contributed by atoms with Crippen LogP contribution in [0.1, 0.15) is 0 Å². The minimum atomic E-state index is -0.728. The molecule has 0 aliphatic heterocycles. The largest absolute Gasteiger partial charge is 0.121 e. The Labute approximate surface area is 56.3 Å². The lowest BCUT2D eigenvalue weighted by Gasteiger charge is -2.06. The SMILES string of the molecule is C[Si](C)(C)SI. The molecule has 0 aliphatic carbocycles. The lowest BCUT2D eigenvalue weighted by Crippen LogP contribution is -2.09. The van der Waals surface area contributed by atoms with E-state index < -0.39 is 7.22 Å². The Balaban J connectivity index is 3.17. The summed E-state index contributed by atoms with van der Waals surface area (Å²) in [7, 11) is 1.26. The van der Waals surface area contributed by atoms with Crippen molar-refractivity contribution in [3.8, 4) is 0 Å². The second-order valence-corrected chi connectivity index (χ2v) is 14.7. The molecule has 0 saturated heterocycles. The predicted molar refractivity (Wildman–Crippen MR) is 45.0 cm³/mol. The minimum Gasteiger partial charge on any atom is -0.117 e. The molecular formula is C3H9ISSi. The minimum absolute atomic E-state index is 0.728. The summed E-state index contributed by atoms with van der Waals surface area (Å²) in [6, 6.07) is 0. The molecule has 0 amide bonds. The van der Waals surface area contributed by atoms with Crippen molar-refractivity contribution in [1.29, 1.82) is 0 Å². The molecule has 0 aliphatic rings. The van der Waals surface area contributed by atoms with Crippen molar-refractivity contribution in [1.82, 2.24) is 0 Å². The summed E-state index contributed by atoms with van der Waals surface area (Å²) in [5.41, 5.74) is 0. The van der Waals surface area contributed by atoms with E-state index in [1.807, 2.05) is 8.38 Å². The Hall–Kier alpha value is 1.30. The van der Waals surface area contributed by atoms with E-state index in [1.54, 1.807) is 0 Å². The maximum atomic E-state index is 2.37. The standard InChI is InChI=1S/C3H9ISSi/c1-6(2,3)5-4/h1-3H3. The third kappa shape index (κ3) is 5.30. The zero-order valence-electron chi connectivity index (χ0n) is 4.29. The molecule has 38 valence electrons. The van der Waals surface area contributed by atoms with Crippen molar-refractivity contribution < 1.29 is 0 Å². The molecule has 6 heavy (non-hydrogen) atoms. The summed E-state index contributed by atoms with van der Waals surface area (Å²) in [5.74, 6) is 0. The molecular weight excluding hydrogens is 223 g/mol. The molecule has 0 aromatic rings. The highest BCUT2D eigenvalue weighted by atomic mass is 127. The van der Waals surface area contributed by atoms with Gasteiger partial charge in [0.05, 0.1) is 0 Å². The lowest BCUT2D eigenvalue weighted by molar-refractivity contribution is 1.88. The molecule has 0 radical (unpaired) electrons. The van der Waals surface area contributed by atoms with Gasteiger partial charge < -0.3 is 0 Å². The first-order chi connectivity index (χ1) is 2.56. The molecule has 0 aromatic heterocycles. The van der Waals surface area contributed by atoms with Gasteiger partial charge in [-0.2, -0.15) is 0 Å². The van der Waals surface area contributed by atoms with Crippen LogP contribution in [0.5, 0.6) is 0 Å². The zero-order chi connectivity index (χ0) is 5.21. The lowest BCUT2D eigenvalue weighted by atomic mass is 11.8. The smallest absolute Gasteiger partial charge is 0.117 e. The molecule has 0 fully saturated rings. The summed E-state index contributed by atoms with van der Waals surface area (Å²) in [4.78, 5) is 0. The molecule has 0 N–H and O–H groups in total. The van der Waals surface area contributed by atoms with Crippen molar-refractivity contribution in [3.05, 3.63) is 0 Å². The van der Waals surface area contributed by atoms with Gasteiger partial charge in [0.15, 0.2) is 0 Å². The van der Waals surface area contributed by atoms with Gasteiger partial charge in [0.1, 0.15) is 7.22 Å². The first-order valence-electron chi connectivity index (χ1n) is 1.86. The van der Waals surface area contributed by atoms with Gasteiger partial charge >= 0.3 is 0 Å². The fourth-order valence-corrected chi connectivity index (χ4v) is 0. The van der Waals surface area contributed by atoms with Crippen LogP contribution in [0, 0.1) is 0 Å². The second-order valence-electron chi connectivity index (χ2n) is 2.19. The summed E-state index contributed by atoms with van der Waals surface area (Å²) < 4.78 is 0. The van der Waals surface area contributed by atoms with E-state index in [-0.39, 0.29) is 0 Å². The third-order valence-corrected chi connectivity index (χ3v) is 14.0. The molecule has 0 nitrogen and oxygen atoms in total. The Bertz CT molecular complexity index is 40.5. The van der Waals surface area contributed by atoms with Crippen LogP contribution in [-0.2, 0) is 0 Å². The molecule has 3 heteroatoms. The Morgan fingerprint density at radius 3 is 1.50 bits per heavy atom. The van der Waals surface area contributed by atoms with Crippen molar-refractivity contribution in [2.75, 3.05) is 0 Å². The van der Waals surface area contributed by atoms with E-state index in [2.05, 4.69) is 40.8 Å². The number of hydrogen-bond donors (Lipinski definition) is 0. The molecule has 0 aromatic carbocycles. The van der Waals surface area contributed by atoms with Crippen LogP contribution < -0.4 is 0 Å². The summed E-state index contributed by atoms with van der Waals surface area (Å²) in [6.45, 7) is 7.01. The van der Waals surface area contributed by atoms with Crippen LogP contribution in [0.25, 0.3) is 0 Å². The highest BCUT2D eigenvalue weighted by molar-refractivity contribution is 14.2. The Kier molecular flexibility index (Phi) is 3.12. The van der Waals surface area contributed by atoms with E-state index in [0.717, 1.165) is 0 Å². The van der Waals surface area contributed by atoms with Crippen LogP contribution in [-0.4, -0.2) is 7.22 Å². The molecule has 0 bridgehead atoms. The van der Waals surface area contributed by atoms with Gasteiger partial charge in [-0.15, -0.1) is 8.38 Å². The van der Waals surface area contributed by atoms with Gasteiger partial charge in [-0.3, -0.25) is 0 Å². The van der Waals surface area contributed by atoms with Crippen molar-refractivity contribution in [3.63, 3.8) is 0 Å². The summed E-state index contributed by atoms with van der Waals surface area (Å²) in [6.07, 6.45) is 0. The molecule has 0 rings (SSSR count). The van der Waals surface area contributed by atoms with Crippen LogP contribution in [0.3, 0.4) is 0 Å². The van der Waals surface area contributed by atoms with Gasteiger partial charge in [-0.25, -0.2) is 0 Å². The second kappa shape index (κ2) is 2.57. The van der Waals surface area contributed by atoms with Gasteiger partial charge in [-0.05, 0) is 21.2 Å². The van der Waals surface area contributed by atoms with E-state index in [9.17, 15) is 0 Å². The molecule has 0 heterocycles. The van der Waals surface area contributed by atoms with Gasteiger partial charge in [0.2, 0.25) is 0 Å². The molecule has 0 atom stereocenters. The first-order valence-corrected chi connectivity index (χ1v) is 9.44. The average Bonchev–Trinajstić information content (AvgIpc) is 1.35. The third-order valence-electron chi connectivity index (χ3n) is 0.231. The van der Waals surface area contributed by atoms with Crippen molar-refractivity contribution >= 4 is 36.8 Å². The quantitative estimate of drug-likeness (QED) is 0.494. The number of hydrogen-bond acceptors (Lipinski definition) is 1. The van der Waals surface area contributed by atoms with Crippen LogP contribution >= 0.6 is 29.6 Å². The monoisotopic (exact) mass is 232 g/mol. The number of halogens is 1. The maximum absolute atomic E-state index is 2.37. The topological polar surface area (TPSA) is 0 Å². The highest BCUT2D eigenvalue weighted by Gasteiger charge is 2.09. The Morgan fingerprint density at radius 1 is 1.33 bits per heavy atom. The normalized spacial score (nSPS) is 12.0. The highest BCUT2D eigenvalue weighted by Crippen LogP contribution is 2.25. The van der Waals surface area contributed by atoms with Crippen LogP contribution in [0.2, 0.25) is 19.6 Å². The van der Waals surface area contributed by atoms with Crippen LogP contribution in [0.4, 0.5) is 0 Å². The van der Waals surface area contributed by atoms with Crippen LogP contribution in [0.15, 0.2) is 0 Å². The molecule has 0 saturated carbocycles. The van der Waals surface area contributed by atoms with Gasteiger partial charge in [0, 0.05) is 0 Å². The van der Waals surface area contributed by atoms with Crippen molar-refractivity contribution in [2.45, 2.75) is 19.6 Å². The fraction of sp³-hybridized carbons (Fsp3) is 1.00. The summed E-state index contributed by atoms with van der Waals surface area (Å²) in [5, 5.41) is 0. The van der Waals surface area contributed by atoms with E-state index in [4.69, 9.17) is 0 Å². The van der Waals surface area contributed by atoms with E-state index >= 15 is 0 Å². The predicted octanol–water partition coefficient (Wildman–Crippen LogP) is 2.90. The summed E-state index contributed by atoms with van der Waals surface area (Å²) >= 11 is 2.37. The first kappa shape index (κ1) is 7.30. The van der Waals surface area contributed by atoms with E-state index in [1.165, 1.54) is 0 Å². The molecule has 0 unspecified atom stereocenters. The van der Waals surface area contributed by atoms with Crippen molar-refractivity contribution in [2.24, 2.45) is 0 Å². The maximum Gasteiger partial charge on any atom is 0.121 e. The Morgan fingerprint density at radius 2 is 1.50 bits per heavy atom. The fourth-order valence-electron chi connectivity index (χ4n) is 0. The van der Waals surface area contributed by atoms with E-state index in [0.29, 0.717) is 0 Å². The van der Waals surface area contributed by atoms with Gasteiger partial charge in [0.25, 0.3) is 0 Å². The zero-order valence-corrected chi connectivity index (χ0v) is 8.26.